The van der Waals surface area contributed by atoms with Crippen LogP contribution >= 0.6 is 11.6 Å². The third kappa shape index (κ3) is 2.67. The van der Waals surface area contributed by atoms with Gasteiger partial charge >= 0.3 is 0 Å². The highest BCUT2D eigenvalue weighted by Gasteiger charge is 2.01. The topological polar surface area (TPSA) is 35.0 Å². The van der Waals surface area contributed by atoms with E-state index in [2.05, 4.69) is 9.97 Å². The molecule has 0 radical (unpaired) electrons. The van der Waals surface area contributed by atoms with Crippen LogP contribution < -0.4 is 4.74 Å². The van der Waals surface area contributed by atoms with E-state index in [1.54, 1.807) is 24.5 Å². The molecule has 0 atom stereocenters. The molecule has 0 aliphatic rings. The van der Waals surface area contributed by atoms with Crippen molar-refractivity contribution in [3.63, 3.8) is 0 Å². The molecule has 0 bridgehead atoms. The molecule has 76 valence electrons. The lowest BCUT2D eigenvalue weighted by molar-refractivity contribution is 0.300. The van der Waals surface area contributed by atoms with Crippen LogP contribution in [0.25, 0.3) is 0 Å². The lowest BCUT2D eigenvalue weighted by atomic mass is 10.4. The van der Waals surface area contributed by atoms with Crippen LogP contribution in [0.3, 0.4) is 0 Å². The molecular weight excluding hydrogens is 212 g/mol. The van der Waals surface area contributed by atoms with Crippen LogP contribution in [0.4, 0.5) is 0 Å². The fourth-order valence-electron chi connectivity index (χ4n) is 1.11. The quantitative estimate of drug-likeness (QED) is 0.746. The summed E-state index contributed by atoms with van der Waals surface area (Å²) in [5, 5.41) is 0.369. The minimum absolute atomic E-state index is 0.369. The van der Waals surface area contributed by atoms with Gasteiger partial charge in [0.15, 0.2) is 10.9 Å². The van der Waals surface area contributed by atoms with Gasteiger partial charge in [-0.2, -0.15) is 0 Å². The van der Waals surface area contributed by atoms with Gasteiger partial charge in [0.05, 0.1) is 5.69 Å². The maximum absolute atomic E-state index is 5.83. The fraction of sp³-hybridized carbons (Fsp3) is 0.0909. The summed E-state index contributed by atoms with van der Waals surface area (Å²) < 4.78 is 5.47. The summed E-state index contributed by atoms with van der Waals surface area (Å²) in [5.74, 6) is 0.574. The van der Waals surface area contributed by atoms with Crippen molar-refractivity contribution in [1.82, 2.24) is 9.97 Å². The first-order valence-electron chi connectivity index (χ1n) is 4.49. The maximum atomic E-state index is 5.83. The Hall–Kier alpha value is -1.61. The zero-order valence-electron chi connectivity index (χ0n) is 7.93. The summed E-state index contributed by atoms with van der Waals surface area (Å²) in [7, 11) is 0. The Morgan fingerprint density at radius 1 is 1.07 bits per heavy atom. The average molecular weight is 221 g/mol. The van der Waals surface area contributed by atoms with Gasteiger partial charge in [0.1, 0.15) is 6.61 Å². The molecule has 0 N–H and O–H groups in total. The van der Waals surface area contributed by atoms with E-state index in [1.165, 1.54) is 0 Å². The van der Waals surface area contributed by atoms with Crippen molar-refractivity contribution in [3.05, 3.63) is 53.6 Å². The van der Waals surface area contributed by atoms with Crippen LogP contribution in [0.15, 0.2) is 42.7 Å². The first kappa shape index (κ1) is 9.93. The van der Waals surface area contributed by atoms with Gasteiger partial charge in [-0.05, 0) is 24.3 Å². The molecule has 0 aliphatic carbocycles. The Morgan fingerprint density at radius 3 is 2.67 bits per heavy atom. The van der Waals surface area contributed by atoms with E-state index >= 15 is 0 Å². The lowest BCUT2D eigenvalue weighted by Gasteiger charge is -2.05. The van der Waals surface area contributed by atoms with Gasteiger partial charge in [0, 0.05) is 12.4 Å². The van der Waals surface area contributed by atoms with Crippen LogP contribution in [0.5, 0.6) is 5.75 Å². The van der Waals surface area contributed by atoms with Crippen molar-refractivity contribution >= 4 is 11.6 Å². The molecule has 0 spiro atoms. The first-order valence-corrected chi connectivity index (χ1v) is 4.87. The molecule has 0 saturated heterocycles. The van der Waals surface area contributed by atoms with Crippen LogP contribution in [0, 0.1) is 0 Å². The summed E-state index contributed by atoms with van der Waals surface area (Å²) in [5.41, 5.74) is 0.859. The van der Waals surface area contributed by atoms with Crippen molar-refractivity contribution in [2.24, 2.45) is 0 Å². The Labute approximate surface area is 92.7 Å². The van der Waals surface area contributed by atoms with E-state index in [0.29, 0.717) is 17.5 Å². The lowest BCUT2D eigenvalue weighted by Crippen LogP contribution is -1.98. The molecule has 0 unspecified atom stereocenters. The van der Waals surface area contributed by atoms with E-state index in [4.69, 9.17) is 16.3 Å². The molecule has 0 aliphatic heterocycles. The van der Waals surface area contributed by atoms with Gasteiger partial charge in [-0.1, -0.05) is 17.7 Å². The summed E-state index contributed by atoms with van der Waals surface area (Å²) >= 11 is 5.83. The van der Waals surface area contributed by atoms with Crippen molar-refractivity contribution < 1.29 is 4.74 Å². The summed E-state index contributed by atoms with van der Waals surface area (Å²) in [6, 6.07) is 9.22. The van der Waals surface area contributed by atoms with Gasteiger partial charge in [0.25, 0.3) is 0 Å². The zero-order valence-corrected chi connectivity index (χ0v) is 8.69. The molecule has 2 aromatic rings. The number of hydrogen-bond donors (Lipinski definition) is 0. The number of ether oxygens (including phenoxy) is 1. The second-order valence-electron chi connectivity index (χ2n) is 2.90. The standard InChI is InChI=1S/C11H9ClN2O/c12-11-10(5-3-7-14-11)15-8-9-4-1-2-6-13-9/h1-7H,8H2. The van der Waals surface area contributed by atoms with E-state index < -0.39 is 0 Å². The maximum Gasteiger partial charge on any atom is 0.171 e. The number of rotatable bonds is 3. The SMILES string of the molecule is Clc1ncccc1OCc1ccccn1. The fourth-order valence-corrected chi connectivity index (χ4v) is 1.29. The van der Waals surface area contributed by atoms with Crippen molar-refractivity contribution in [1.29, 1.82) is 0 Å². The molecule has 4 heteroatoms. The highest BCUT2D eigenvalue weighted by molar-refractivity contribution is 6.30. The molecule has 0 saturated carbocycles. The smallest absolute Gasteiger partial charge is 0.171 e. The highest BCUT2D eigenvalue weighted by Crippen LogP contribution is 2.20. The number of aromatic nitrogens is 2. The Kier molecular flexibility index (Phi) is 3.15. The van der Waals surface area contributed by atoms with Crippen LogP contribution in [0.1, 0.15) is 5.69 Å². The Bertz CT molecular complexity index is 434. The van der Waals surface area contributed by atoms with Gasteiger partial charge in [-0.3, -0.25) is 4.98 Å². The van der Waals surface area contributed by atoms with Crippen LogP contribution in [-0.4, -0.2) is 9.97 Å². The zero-order chi connectivity index (χ0) is 10.5. The van der Waals surface area contributed by atoms with E-state index in [9.17, 15) is 0 Å². The summed E-state index contributed by atoms with van der Waals surface area (Å²) in [6.07, 6.45) is 3.35. The number of nitrogens with zero attached hydrogens (tertiary/aromatic N) is 2. The van der Waals surface area contributed by atoms with E-state index in [-0.39, 0.29) is 0 Å². The number of halogens is 1. The monoisotopic (exact) mass is 220 g/mol. The first-order chi connectivity index (χ1) is 7.36. The van der Waals surface area contributed by atoms with Crippen molar-refractivity contribution in [3.8, 4) is 5.75 Å². The second-order valence-corrected chi connectivity index (χ2v) is 3.26. The molecule has 0 aromatic carbocycles. The van der Waals surface area contributed by atoms with Gasteiger partial charge in [0.2, 0.25) is 0 Å². The third-order valence-corrected chi connectivity index (χ3v) is 2.11. The van der Waals surface area contributed by atoms with Crippen molar-refractivity contribution in [2.75, 3.05) is 0 Å². The summed E-state index contributed by atoms with van der Waals surface area (Å²) in [4.78, 5) is 8.05. The minimum atomic E-state index is 0.369. The molecular formula is C11H9ClN2O. The normalized spacial score (nSPS) is 9.93. The molecule has 0 amide bonds. The highest BCUT2D eigenvalue weighted by atomic mass is 35.5. The van der Waals surface area contributed by atoms with Crippen LogP contribution in [-0.2, 0) is 6.61 Å². The van der Waals surface area contributed by atoms with Gasteiger partial charge < -0.3 is 4.74 Å². The van der Waals surface area contributed by atoms with E-state index in [0.717, 1.165) is 5.69 Å². The minimum Gasteiger partial charge on any atom is -0.484 e. The van der Waals surface area contributed by atoms with Crippen molar-refractivity contribution in [2.45, 2.75) is 6.61 Å². The predicted octanol–water partition coefficient (Wildman–Crippen LogP) is 2.71. The van der Waals surface area contributed by atoms with Crippen LogP contribution in [0.2, 0.25) is 5.15 Å². The number of pyridine rings is 2. The third-order valence-electron chi connectivity index (χ3n) is 1.83. The largest absolute Gasteiger partial charge is 0.484 e. The molecule has 3 nitrogen and oxygen atoms in total. The molecule has 15 heavy (non-hydrogen) atoms. The Balaban J connectivity index is 2.03. The van der Waals surface area contributed by atoms with E-state index in [1.807, 2.05) is 18.2 Å². The predicted molar refractivity (Wildman–Crippen MR) is 57.8 cm³/mol. The molecule has 2 rings (SSSR count). The Morgan fingerprint density at radius 2 is 1.93 bits per heavy atom. The summed E-state index contributed by atoms with van der Waals surface area (Å²) in [6.45, 7) is 0.395. The average Bonchev–Trinajstić information content (AvgIpc) is 2.29. The molecule has 2 aromatic heterocycles. The second kappa shape index (κ2) is 4.75. The molecule has 2 heterocycles. The van der Waals surface area contributed by atoms with Gasteiger partial charge in [-0.25, -0.2) is 4.98 Å². The molecule has 0 fully saturated rings. The number of hydrogen-bond acceptors (Lipinski definition) is 3. The van der Waals surface area contributed by atoms with Gasteiger partial charge in [-0.15, -0.1) is 0 Å².